The van der Waals surface area contributed by atoms with Gasteiger partial charge in [-0.05, 0) is 42.2 Å². The molecule has 0 nitrogen and oxygen atoms in total. The van der Waals surface area contributed by atoms with Crippen LogP contribution in [-0.4, -0.2) is 0 Å². The van der Waals surface area contributed by atoms with E-state index in [-0.39, 0.29) is 13.2 Å². The summed E-state index contributed by atoms with van der Waals surface area (Å²) in [6, 6.07) is 21.5. The minimum atomic E-state index is -0.193. The molecule has 0 atom stereocenters. The zero-order chi connectivity index (χ0) is 16.2. The van der Waals surface area contributed by atoms with Gasteiger partial charge in [0, 0.05) is 5.56 Å². The van der Waals surface area contributed by atoms with Crippen LogP contribution in [0.15, 0.2) is 72.8 Å². The van der Waals surface area contributed by atoms with Gasteiger partial charge >= 0.3 is 0 Å². The number of benzene rings is 3. The molecule has 0 fully saturated rings. The van der Waals surface area contributed by atoms with Gasteiger partial charge in [-0.3, -0.25) is 0 Å². The molecule has 0 heterocycles. The number of hydrogen-bond acceptors (Lipinski definition) is 0. The van der Waals surface area contributed by atoms with Gasteiger partial charge in [0.05, 0.1) is 0 Å². The Bertz CT molecular complexity index is 825. The zero-order valence-electron chi connectivity index (χ0n) is 13.4. The van der Waals surface area contributed by atoms with Crippen molar-refractivity contribution in [3.63, 3.8) is 0 Å². The lowest BCUT2D eigenvalue weighted by atomic mass is 9.98. The Morgan fingerprint density at radius 2 is 1.33 bits per heavy atom. The van der Waals surface area contributed by atoms with Crippen molar-refractivity contribution in [1.29, 1.82) is 0 Å². The van der Waals surface area contributed by atoms with E-state index in [0.717, 1.165) is 22.3 Å². The zero-order valence-corrected chi connectivity index (χ0v) is 13.4. The summed E-state index contributed by atoms with van der Waals surface area (Å²) in [5.74, 6) is -0.193. The Balaban J connectivity index is 0.00000208. The summed E-state index contributed by atoms with van der Waals surface area (Å²) in [5, 5.41) is 0. The minimum absolute atomic E-state index is 0. The van der Waals surface area contributed by atoms with Crippen molar-refractivity contribution in [3.05, 3.63) is 89.8 Å². The number of hydrogen-bond donors (Lipinski definition) is 0. The Kier molecular flexibility index (Phi) is 5.70. The quantitative estimate of drug-likeness (QED) is 0.481. The van der Waals surface area contributed by atoms with Gasteiger partial charge in [-0.25, -0.2) is 4.39 Å². The van der Waals surface area contributed by atoms with Crippen molar-refractivity contribution in [2.75, 3.05) is 0 Å². The van der Waals surface area contributed by atoms with Gasteiger partial charge in [0.25, 0.3) is 0 Å². The standard InChI is InChI=1S/C22H19F.CH4/c1-3-4-17-7-11-19(12-8-17)21-14-13-20(15-22(21)23)18-9-5-16(2)6-10-18;/h3-15H,1-2H3;1H4. The van der Waals surface area contributed by atoms with E-state index in [2.05, 4.69) is 0 Å². The van der Waals surface area contributed by atoms with E-state index in [1.165, 1.54) is 5.56 Å². The summed E-state index contributed by atoms with van der Waals surface area (Å²) in [7, 11) is 0. The van der Waals surface area contributed by atoms with E-state index in [4.69, 9.17) is 0 Å². The van der Waals surface area contributed by atoms with E-state index in [1.54, 1.807) is 6.07 Å². The van der Waals surface area contributed by atoms with Gasteiger partial charge in [-0.2, -0.15) is 0 Å². The molecule has 3 aromatic rings. The highest BCUT2D eigenvalue weighted by Crippen LogP contribution is 2.28. The van der Waals surface area contributed by atoms with Crippen molar-refractivity contribution < 1.29 is 4.39 Å². The lowest BCUT2D eigenvalue weighted by Crippen LogP contribution is -1.87. The van der Waals surface area contributed by atoms with Crippen molar-refractivity contribution in [3.8, 4) is 22.3 Å². The molecule has 3 rings (SSSR count). The van der Waals surface area contributed by atoms with E-state index in [1.807, 2.05) is 86.7 Å². The van der Waals surface area contributed by atoms with Crippen LogP contribution in [-0.2, 0) is 0 Å². The molecule has 0 amide bonds. The molecular formula is C23H23F. The number of allylic oxidation sites excluding steroid dienone is 1. The molecule has 3 aromatic carbocycles. The lowest BCUT2D eigenvalue weighted by molar-refractivity contribution is 0.632. The second-order valence-electron chi connectivity index (χ2n) is 5.68. The van der Waals surface area contributed by atoms with E-state index >= 15 is 0 Å². The van der Waals surface area contributed by atoms with Crippen LogP contribution in [0.4, 0.5) is 4.39 Å². The van der Waals surface area contributed by atoms with Crippen molar-refractivity contribution in [1.82, 2.24) is 0 Å². The molecule has 24 heavy (non-hydrogen) atoms. The number of aryl methyl sites for hydroxylation is 1. The van der Waals surface area contributed by atoms with Gasteiger partial charge in [-0.15, -0.1) is 0 Å². The van der Waals surface area contributed by atoms with Crippen LogP contribution in [0.5, 0.6) is 0 Å². The predicted molar refractivity (Wildman–Crippen MR) is 103 cm³/mol. The normalized spacial score (nSPS) is 10.6. The number of rotatable bonds is 3. The topological polar surface area (TPSA) is 0 Å². The summed E-state index contributed by atoms with van der Waals surface area (Å²) in [6.07, 6.45) is 4.02. The third-order valence-electron chi connectivity index (χ3n) is 3.93. The summed E-state index contributed by atoms with van der Waals surface area (Å²) >= 11 is 0. The molecule has 0 aliphatic heterocycles. The van der Waals surface area contributed by atoms with Gasteiger partial charge in [0.2, 0.25) is 0 Å². The second-order valence-corrected chi connectivity index (χ2v) is 5.68. The summed E-state index contributed by atoms with van der Waals surface area (Å²) in [6.45, 7) is 4.03. The summed E-state index contributed by atoms with van der Waals surface area (Å²) in [5.41, 5.74) is 5.78. The largest absolute Gasteiger partial charge is 0.206 e. The summed E-state index contributed by atoms with van der Waals surface area (Å²) in [4.78, 5) is 0. The fourth-order valence-corrected chi connectivity index (χ4v) is 2.64. The fraction of sp³-hybridized carbons (Fsp3) is 0.130. The maximum Gasteiger partial charge on any atom is 0.131 e. The third kappa shape index (κ3) is 3.80. The molecule has 0 N–H and O–H groups in total. The summed E-state index contributed by atoms with van der Waals surface area (Å²) < 4.78 is 14.5. The highest BCUT2D eigenvalue weighted by Gasteiger charge is 2.07. The van der Waals surface area contributed by atoms with Crippen molar-refractivity contribution in [2.24, 2.45) is 0 Å². The highest BCUT2D eigenvalue weighted by atomic mass is 19.1. The molecule has 1 heteroatoms. The van der Waals surface area contributed by atoms with Gasteiger partial charge in [0.15, 0.2) is 0 Å². The van der Waals surface area contributed by atoms with Crippen LogP contribution < -0.4 is 0 Å². The van der Waals surface area contributed by atoms with Gasteiger partial charge < -0.3 is 0 Å². The smallest absolute Gasteiger partial charge is 0.131 e. The average Bonchev–Trinajstić information content (AvgIpc) is 2.57. The first-order chi connectivity index (χ1) is 11.2. The van der Waals surface area contributed by atoms with Crippen LogP contribution in [0.25, 0.3) is 28.3 Å². The second kappa shape index (κ2) is 7.74. The molecule has 0 spiro atoms. The average molecular weight is 318 g/mol. The van der Waals surface area contributed by atoms with Crippen LogP contribution in [0, 0.1) is 12.7 Å². The maximum absolute atomic E-state index is 14.5. The van der Waals surface area contributed by atoms with Crippen LogP contribution in [0.3, 0.4) is 0 Å². The van der Waals surface area contributed by atoms with Crippen molar-refractivity contribution in [2.45, 2.75) is 21.3 Å². The Morgan fingerprint density at radius 3 is 1.92 bits per heavy atom. The molecule has 0 aromatic heterocycles. The van der Waals surface area contributed by atoms with Crippen LogP contribution in [0.2, 0.25) is 0 Å². The van der Waals surface area contributed by atoms with Gasteiger partial charge in [-0.1, -0.05) is 85.8 Å². The maximum atomic E-state index is 14.5. The van der Waals surface area contributed by atoms with Crippen LogP contribution >= 0.6 is 0 Å². The Hall–Kier alpha value is -2.67. The third-order valence-corrected chi connectivity index (χ3v) is 3.93. The minimum Gasteiger partial charge on any atom is -0.206 e. The molecule has 0 aliphatic carbocycles. The molecule has 0 saturated carbocycles. The first-order valence-corrected chi connectivity index (χ1v) is 7.77. The molecule has 122 valence electrons. The Morgan fingerprint density at radius 1 is 0.750 bits per heavy atom. The molecule has 0 unspecified atom stereocenters. The fourth-order valence-electron chi connectivity index (χ4n) is 2.64. The first-order valence-electron chi connectivity index (χ1n) is 7.77. The Labute approximate surface area is 144 Å². The van der Waals surface area contributed by atoms with Crippen molar-refractivity contribution >= 4 is 6.08 Å². The molecule has 0 saturated heterocycles. The number of halogens is 1. The highest BCUT2D eigenvalue weighted by molar-refractivity contribution is 5.72. The molecule has 0 bridgehead atoms. The molecule has 0 aliphatic rings. The van der Waals surface area contributed by atoms with E-state index in [9.17, 15) is 4.39 Å². The van der Waals surface area contributed by atoms with E-state index in [0.29, 0.717) is 5.56 Å². The van der Waals surface area contributed by atoms with E-state index < -0.39 is 0 Å². The molecule has 0 radical (unpaired) electrons. The first kappa shape index (κ1) is 17.7. The van der Waals surface area contributed by atoms with Gasteiger partial charge in [0.1, 0.15) is 5.82 Å². The molecular weight excluding hydrogens is 295 g/mol. The lowest BCUT2D eigenvalue weighted by Gasteiger charge is -2.08. The SMILES string of the molecule is C.CC=Cc1ccc(-c2ccc(-c3ccc(C)cc3)cc2F)cc1. The van der Waals surface area contributed by atoms with Crippen LogP contribution in [0.1, 0.15) is 25.5 Å². The predicted octanol–water partition coefficient (Wildman–Crippen LogP) is 7.14. The monoisotopic (exact) mass is 318 g/mol.